The van der Waals surface area contributed by atoms with Gasteiger partial charge in [0.1, 0.15) is 0 Å². The van der Waals surface area contributed by atoms with Crippen molar-refractivity contribution in [1.82, 2.24) is 20.4 Å². The molecule has 134 valence electrons. The van der Waals surface area contributed by atoms with E-state index in [1.165, 1.54) is 0 Å². The van der Waals surface area contributed by atoms with Crippen molar-refractivity contribution in [1.29, 1.82) is 0 Å². The van der Waals surface area contributed by atoms with E-state index in [0.29, 0.717) is 0 Å². The predicted octanol–water partition coefficient (Wildman–Crippen LogP) is 2.06. The molecule has 0 aliphatic rings. The zero-order valence-corrected chi connectivity index (χ0v) is 15.5. The summed E-state index contributed by atoms with van der Waals surface area (Å²) >= 11 is 0. The van der Waals surface area contributed by atoms with Crippen LogP contribution in [0.15, 0.2) is 30.3 Å². The van der Waals surface area contributed by atoms with E-state index in [1.807, 2.05) is 69.6 Å². The molecule has 0 saturated carbocycles. The molecule has 1 heterocycles. The Bertz CT molecular complexity index is 758. The van der Waals surface area contributed by atoms with Gasteiger partial charge in [-0.05, 0) is 46.8 Å². The number of hydrogen-bond donors (Lipinski definition) is 2. The van der Waals surface area contributed by atoms with E-state index in [4.69, 9.17) is 0 Å². The van der Waals surface area contributed by atoms with Gasteiger partial charge in [0.2, 0.25) is 11.8 Å². The number of benzene rings is 1. The topological polar surface area (TPSA) is 76.0 Å². The fourth-order valence-corrected chi connectivity index (χ4v) is 2.62. The lowest BCUT2D eigenvalue weighted by atomic mass is 10.1. The minimum atomic E-state index is -0.314. The number of nitrogens with one attached hydrogen (secondary N) is 2. The van der Waals surface area contributed by atoms with E-state index in [1.54, 1.807) is 0 Å². The van der Waals surface area contributed by atoms with Gasteiger partial charge in [-0.3, -0.25) is 9.59 Å². The number of amides is 2. The molecule has 0 radical (unpaired) electrons. The highest BCUT2D eigenvalue weighted by Gasteiger charge is 2.17. The van der Waals surface area contributed by atoms with E-state index in [2.05, 4.69) is 15.7 Å². The summed E-state index contributed by atoms with van der Waals surface area (Å²) in [5.74, 6) is -0.392. The molecule has 2 rings (SSSR count). The standard InChI is InChI=1S/C19H26N4O2/c1-13-16(11-17(24)20-12-18(25)21-19(3,4)5)14(2)23(22-13)15-9-7-6-8-10-15/h6-10H,11-12H2,1-5H3,(H,20,24)(H,21,25). The van der Waals surface area contributed by atoms with Crippen LogP contribution in [0.1, 0.15) is 37.7 Å². The Morgan fingerprint density at radius 3 is 2.32 bits per heavy atom. The smallest absolute Gasteiger partial charge is 0.239 e. The summed E-state index contributed by atoms with van der Waals surface area (Å²) in [4.78, 5) is 24.0. The molecule has 6 heteroatoms. The summed E-state index contributed by atoms with van der Waals surface area (Å²) in [6, 6.07) is 9.80. The van der Waals surface area contributed by atoms with Gasteiger partial charge in [-0.1, -0.05) is 18.2 Å². The van der Waals surface area contributed by atoms with Crippen LogP contribution in [-0.4, -0.2) is 33.7 Å². The first kappa shape index (κ1) is 18.7. The minimum Gasteiger partial charge on any atom is -0.350 e. The number of carbonyl (C=O) groups excluding carboxylic acids is 2. The largest absolute Gasteiger partial charge is 0.350 e. The number of para-hydroxylation sites is 1. The quantitative estimate of drug-likeness (QED) is 0.873. The van der Waals surface area contributed by atoms with Crippen LogP contribution >= 0.6 is 0 Å². The molecule has 2 aromatic rings. The molecular weight excluding hydrogens is 316 g/mol. The van der Waals surface area contributed by atoms with Gasteiger partial charge in [0.15, 0.2) is 0 Å². The van der Waals surface area contributed by atoms with Crippen molar-refractivity contribution in [3.05, 3.63) is 47.3 Å². The van der Waals surface area contributed by atoms with Gasteiger partial charge in [0.05, 0.1) is 24.3 Å². The highest BCUT2D eigenvalue weighted by atomic mass is 16.2. The van der Waals surface area contributed by atoms with E-state index >= 15 is 0 Å². The van der Waals surface area contributed by atoms with Gasteiger partial charge in [-0.2, -0.15) is 5.10 Å². The third-order valence-corrected chi connectivity index (χ3v) is 3.74. The predicted molar refractivity (Wildman–Crippen MR) is 97.6 cm³/mol. The van der Waals surface area contributed by atoms with E-state index in [9.17, 15) is 9.59 Å². The van der Waals surface area contributed by atoms with Crippen molar-refractivity contribution in [3.63, 3.8) is 0 Å². The third-order valence-electron chi connectivity index (χ3n) is 3.74. The number of aryl methyl sites for hydroxylation is 1. The maximum absolute atomic E-state index is 12.2. The molecule has 0 saturated heterocycles. The van der Waals surface area contributed by atoms with Gasteiger partial charge in [-0.15, -0.1) is 0 Å². The zero-order valence-electron chi connectivity index (χ0n) is 15.5. The lowest BCUT2D eigenvalue weighted by molar-refractivity contribution is -0.126. The van der Waals surface area contributed by atoms with Gasteiger partial charge < -0.3 is 10.6 Å². The van der Waals surface area contributed by atoms with Crippen LogP contribution in [0.5, 0.6) is 0 Å². The van der Waals surface area contributed by atoms with Crippen LogP contribution in [-0.2, 0) is 16.0 Å². The molecule has 6 nitrogen and oxygen atoms in total. The molecule has 0 fully saturated rings. The van der Waals surface area contributed by atoms with Gasteiger partial charge in [0.25, 0.3) is 0 Å². The van der Waals surface area contributed by atoms with Gasteiger partial charge >= 0.3 is 0 Å². The Labute approximate surface area is 148 Å². The average Bonchev–Trinajstić information content (AvgIpc) is 2.80. The molecule has 0 atom stereocenters. The summed E-state index contributed by atoms with van der Waals surface area (Å²) in [7, 11) is 0. The monoisotopic (exact) mass is 342 g/mol. The second-order valence-corrected chi connectivity index (χ2v) is 7.15. The van der Waals surface area contributed by atoms with Gasteiger partial charge in [-0.25, -0.2) is 4.68 Å². The second kappa shape index (κ2) is 7.51. The first-order chi connectivity index (χ1) is 11.7. The van der Waals surface area contributed by atoms with Crippen molar-refractivity contribution in [3.8, 4) is 5.69 Å². The summed E-state index contributed by atoms with van der Waals surface area (Å²) in [6.07, 6.45) is 0.202. The first-order valence-corrected chi connectivity index (χ1v) is 8.35. The van der Waals surface area contributed by atoms with Crippen LogP contribution in [0.4, 0.5) is 0 Å². The molecule has 0 spiro atoms. The average molecular weight is 342 g/mol. The van der Waals surface area contributed by atoms with Crippen LogP contribution < -0.4 is 10.6 Å². The highest BCUT2D eigenvalue weighted by Crippen LogP contribution is 2.18. The third kappa shape index (κ3) is 5.17. The number of carbonyl (C=O) groups is 2. The van der Waals surface area contributed by atoms with Crippen molar-refractivity contribution in [2.75, 3.05) is 6.54 Å². The van der Waals surface area contributed by atoms with Crippen LogP contribution in [0.2, 0.25) is 0 Å². The number of hydrogen-bond acceptors (Lipinski definition) is 3. The Morgan fingerprint density at radius 2 is 1.72 bits per heavy atom. The number of rotatable bonds is 5. The molecule has 2 amide bonds. The van der Waals surface area contributed by atoms with Crippen LogP contribution in [0.3, 0.4) is 0 Å². The van der Waals surface area contributed by atoms with Crippen LogP contribution in [0.25, 0.3) is 5.69 Å². The Morgan fingerprint density at radius 1 is 1.08 bits per heavy atom. The molecule has 2 N–H and O–H groups in total. The zero-order chi connectivity index (χ0) is 18.6. The summed E-state index contributed by atoms with van der Waals surface area (Å²) in [6.45, 7) is 9.51. The first-order valence-electron chi connectivity index (χ1n) is 8.35. The number of nitrogens with zero attached hydrogens (tertiary/aromatic N) is 2. The molecule has 0 aliphatic carbocycles. The molecule has 1 aromatic carbocycles. The summed E-state index contributed by atoms with van der Waals surface area (Å²) in [5.41, 5.74) is 3.27. The molecule has 1 aromatic heterocycles. The minimum absolute atomic E-state index is 0.0268. The van der Waals surface area contributed by atoms with Gasteiger partial charge in [0, 0.05) is 16.8 Å². The fourth-order valence-electron chi connectivity index (χ4n) is 2.62. The lowest BCUT2D eigenvalue weighted by Crippen LogP contribution is -2.46. The normalized spacial score (nSPS) is 11.2. The molecule has 0 aliphatic heterocycles. The number of aromatic nitrogens is 2. The Hall–Kier alpha value is -2.63. The highest BCUT2D eigenvalue weighted by molar-refractivity contribution is 5.86. The summed E-state index contributed by atoms with van der Waals surface area (Å²) < 4.78 is 1.84. The van der Waals surface area contributed by atoms with E-state index in [0.717, 1.165) is 22.6 Å². The maximum Gasteiger partial charge on any atom is 0.239 e. The van der Waals surface area contributed by atoms with E-state index in [-0.39, 0.29) is 30.3 Å². The molecule has 25 heavy (non-hydrogen) atoms. The summed E-state index contributed by atoms with van der Waals surface area (Å²) in [5, 5.41) is 10.0. The van der Waals surface area contributed by atoms with E-state index < -0.39 is 0 Å². The Balaban J connectivity index is 2.02. The molecule has 0 bridgehead atoms. The molecule has 0 unspecified atom stereocenters. The lowest BCUT2D eigenvalue weighted by Gasteiger charge is -2.20. The Kier molecular flexibility index (Phi) is 5.62. The molecular formula is C19H26N4O2. The van der Waals surface area contributed by atoms with Crippen molar-refractivity contribution < 1.29 is 9.59 Å². The second-order valence-electron chi connectivity index (χ2n) is 7.15. The van der Waals surface area contributed by atoms with Crippen molar-refractivity contribution in [2.45, 2.75) is 46.6 Å². The SMILES string of the molecule is Cc1nn(-c2ccccc2)c(C)c1CC(=O)NCC(=O)NC(C)(C)C. The maximum atomic E-state index is 12.2. The van der Waals surface area contributed by atoms with Crippen molar-refractivity contribution >= 4 is 11.8 Å². The van der Waals surface area contributed by atoms with Crippen molar-refractivity contribution in [2.24, 2.45) is 0 Å². The fraction of sp³-hybridized carbons (Fsp3) is 0.421. The van der Waals surface area contributed by atoms with Crippen LogP contribution in [0, 0.1) is 13.8 Å².